The Kier molecular flexibility index (Phi) is 4.27. The predicted octanol–water partition coefficient (Wildman–Crippen LogP) is 0.149. The highest BCUT2D eigenvalue weighted by Crippen LogP contribution is 2.31. The van der Waals surface area contributed by atoms with Crippen LogP contribution >= 0.6 is 0 Å². The first-order valence-electron chi connectivity index (χ1n) is 6.24. The number of carbonyl (C=O) groups is 3. The lowest BCUT2D eigenvalue weighted by atomic mass is 10.1. The van der Waals surface area contributed by atoms with Crippen molar-refractivity contribution in [3.8, 4) is 5.75 Å². The molecule has 4 N–H and O–H groups in total. The van der Waals surface area contributed by atoms with E-state index in [1.54, 1.807) is 12.1 Å². The quantitative estimate of drug-likeness (QED) is 0.609. The Bertz CT molecular complexity index is 586. The molecular weight excluding hydrogens is 280 g/mol. The molecule has 8 heteroatoms. The number of anilines is 1. The van der Waals surface area contributed by atoms with Gasteiger partial charge in [0.2, 0.25) is 0 Å². The van der Waals surface area contributed by atoms with Gasteiger partial charge in [0.25, 0.3) is 5.91 Å². The van der Waals surface area contributed by atoms with Crippen molar-refractivity contribution in [3.63, 3.8) is 0 Å². The summed E-state index contributed by atoms with van der Waals surface area (Å²) in [7, 11) is 0. The van der Waals surface area contributed by atoms with Crippen LogP contribution in [0.1, 0.15) is 16.8 Å². The first-order chi connectivity index (χ1) is 9.99. The molecule has 0 bridgehead atoms. The molecule has 0 saturated heterocycles. The zero-order chi connectivity index (χ0) is 15.4. The second kappa shape index (κ2) is 6.12. The summed E-state index contributed by atoms with van der Waals surface area (Å²) in [5, 5.41) is 22.8. The standard InChI is InChI=1S/C13H14N2O6/c16-10(17)6-9(13(19)20)15-12(18)7-2-1-3-8-11(7)21-5-4-14-8/h1-3,9,14H,4-6H2,(H,15,18)(H,16,17)(H,19,20). The van der Waals surface area contributed by atoms with Crippen LogP contribution in [0.2, 0.25) is 0 Å². The van der Waals surface area contributed by atoms with Crippen LogP contribution in [0.15, 0.2) is 18.2 Å². The third kappa shape index (κ3) is 3.41. The van der Waals surface area contributed by atoms with Crippen molar-refractivity contribution in [1.29, 1.82) is 0 Å². The minimum Gasteiger partial charge on any atom is -0.489 e. The summed E-state index contributed by atoms with van der Waals surface area (Å²) in [6.45, 7) is 0.990. The zero-order valence-corrected chi connectivity index (χ0v) is 11.0. The van der Waals surface area contributed by atoms with Crippen LogP contribution in [0.3, 0.4) is 0 Å². The van der Waals surface area contributed by atoms with Crippen molar-refractivity contribution >= 4 is 23.5 Å². The zero-order valence-electron chi connectivity index (χ0n) is 11.0. The van der Waals surface area contributed by atoms with Gasteiger partial charge in [0.1, 0.15) is 12.6 Å². The number of carboxylic acid groups (broad SMARTS) is 2. The van der Waals surface area contributed by atoms with Gasteiger partial charge >= 0.3 is 11.9 Å². The summed E-state index contributed by atoms with van der Waals surface area (Å²) in [5.74, 6) is -3.07. The van der Waals surface area contributed by atoms with E-state index in [1.165, 1.54) is 6.07 Å². The van der Waals surface area contributed by atoms with E-state index in [0.717, 1.165) is 0 Å². The molecule has 1 aliphatic rings. The number of benzene rings is 1. The number of para-hydroxylation sites is 1. The Hall–Kier alpha value is -2.77. The molecule has 0 spiro atoms. The normalized spacial score (nSPS) is 14.1. The lowest BCUT2D eigenvalue weighted by Crippen LogP contribution is -2.42. The third-order valence-electron chi connectivity index (χ3n) is 2.91. The maximum atomic E-state index is 12.1. The van der Waals surface area contributed by atoms with Crippen LogP contribution < -0.4 is 15.4 Å². The summed E-state index contributed by atoms with van der Waals surface area (Å²) < 4.78 is 5.41. The predicted molar refractivity (Wildman–Crippen MR) is 71.6 cm³/mol. The number of carbonyl (C=O) groups excluding carboxylic acids is 1. The molecular formula is C13H14N2O6. The van der Waals surface area contributed by atoms with Crippen molar-refractivity contribution in [2.24, 2.45) is 0 Å². The molecule has 2 rings (SSSR count). The monoisotopic (exact) mass is 294 g/mol. The number of aliphatic carboxylic acids is 2. The minimum absolute atomic E-state index is 0.163. The van der Waals surface area contributed by atoms with Gasteiger partial charge in [-0.2, -0.15) is 0 Å². The van der Waals surface area contributed by atoms with E-state index in [4.69, 9.17) is 14.9 Å². The largest absolute Gasteiger partial charge is 0.489 e. The number of hydrogen-bond acceptors (Lipinski definition) is 5. The number of fused-ring (bicyclic) bond motifs is 1. The van der Waals surface area contributed by atoms with E-state index < -0.39 is 30.3 Å². The van der Waals surface area contributed by atoms with E-state index in [9.17, 15) is 14.4 Å². The Labute approximate surface area is 119 Å². The number of amides is 1. The summed E-state index contributed by atoms with van der Waals surface area (Å²) in [5.41, 5.74) is 0.801. The van der Waals surface area contributed by atoms with Gasteiger partial charge in [0.05, 0.1) is 17.7 Å². The van der Waals surface area contributed by atoms with Gasteiger partial charge in [-0.1, -0.05) is 6.07 Å². The number of carboxylic acids is 2. The molecule has 112 valence electrons. The molecule has 0 saturated carbocycles. The molecule has 0 aliphatic carbocycles. The average molecular weight is 294 g/mol. The first-order valence-corrected chi connectivity index (χ1v) is 6.24. The highest BCUT2D eigenvalue weighted by atomic mass is 16.5. The van der Waals surface area contributed by atoms with E-state index in [2.05, 4.69) is 10.6 Å². The number of rotatable bonds is 5. The van der Waals surface area contributed by atoms with Crippen LogP contribution in [-0.2, 0) is 9.59 Å². The van der Waals surface area contributed by atoms with E-state index in [-0.39, 0.29) is 5.56 Å². The Morgan fingerprint density at radius 1 is 1.33 bits per heavy atom. The van der Waals surface area contributed by atoms with Crippen LogP contribution in [-0.4, -0.2) is 47.3 Å². The Balaban J connectivity index is 2.20. The van der Waals surface area contributed by atoms with Gasteiger partial charge < -0.3 is 25.6 Å². The van der Waals surface area contributed by atoms with Crippen LogP contribution in [0.5, 0.6) is 5.75 Å². The van der Waals surface area contributed by atoms with Gasteiger partial charge in [0.15, 0.2) is 5.75 Å². The van der Waals surface area contributed by atoms with E-state index >= 15 is 0 Å². The average Bonchev–Trinajstić information content (AvgIpc) is 2.45. The van der Waals surface area contributed by atoms with Crippen molar-refractivity contribution in [3.05, 3.63) is 23.8 Å². The molecule has 1 heterocycles. The maximum Gasteiger partial charge on any atom is 0.326 e. The van der Waals surface area contributed by atoms with Crippen molar-refractivity contribution in [2.45, 2.75) is 12.5 Å². The summed E-state index contributed by atoms with van der Waals surface area (Å²) in [4.78, 5) is 33.7. The number of nitrogens with one attached hydrogen (secondary N) is 2. The molecule has 0 fully saturated rings. The molecule has 21 heavy (non-hydrogen) atoms. The molecule has 1 aromatic carbocycles. The van der Waals surface area contributed by atoms with Gasteiger partial charge in [0, 0.05) is 6.54 Å². The molecule has 1 aliphatic heterocycles. The second-order valence-corrected chi connectivity index (χ2v) is 4.42. The lowest BCUT2D eigenvalue weighted by molar-refractivity contribution is -0.145. The Morgan fingerprint density at radius 3 is 2.76 bits per heavy atom. The third-order valence-corrected chi connectivity index (χ3v) is 2.91. The molecule has 1 aromatic rings. The van der Waals surface area contributed by atoms with Crippen molar-refractivity contribution in [1.82, 2.24) is 5.32 Å². The van der Waals surface area contributed by atoms with E-state index in [0.29, 0.717) is 24.6 Å². The van der Waals surface area contributed by atoms with Gasteiger partial charge in [-0.3, -0.25) is 9.59 Å². The molecule has 1 unspecified atom stereocenters. The van der Waals surface area contributed by atoms with E-state index in [1.807, 2.05) is 0 Å². The molecule has 8 nitrogen and oxygen atoms in total. The summed E-state index contributed by atoms with van der Waals surface area (Å²) in [6.07, 6.45) is -0.699. The first kappa shape index (κ1) is 14.6. The summed E-state index contributed by atoms with van der Waals surface area (Å²) in [6, 6.07) is 3.35. The number of ether oxygens (including phenoxy) is 1. The molecule has 1 amide bonds. The van der Waals surface area contributed by atoms with Gasteiger partial charge in [-0.25, -0.2) is 4.79 Å². The van der Waals surface area contributed by atoms with Gasteiger partial charge in [-0.05, 0) is 12.1 Å². The van der Waals surface area contributed by atoms with Crippen LogP contribution in [0, 0.1) is 0 Å². The fraction of sp³-hybridized carbons (Fsp3) is 0.308. The number of hydrogen-bond donors (Lipinski definition) is 4. The second-order valence-electron chi connectivity index (χ2n) is 4.42. The lowest BCUT2D eigenvalue weighted by Gasteiger charge is -2.22. The molecule has 0 radical (unpaired) electrons. The maximum absolute atomic E-state index is 12.1. The van der Waals surface area contributed by atoms with Crippen LogP contribution in [0.4, 0.5) is 5.69 Å². The Morgan fingerprint density at radius 2 is 2.10 bits per heavy atom. The highest BCUT2D eigenvalue weighted by Gasteiger charge is 2.26. The van der Waals surface area contributed by atoms with Crippen molar-refractivity contribution in [2.75, 3.05) is 18.5 Å². The topological polar surface area (TPSA) is 125 Å². The fourth-order valence-corrected chi connectivity index (χ4v) is 1.96. The molecule has 1 atom stereocenters. The fourth-order valence-electron chi connectivity index (χ4n) is 1.96. The van der Waals surface area contributed by atoms with Crippen molar-refractivity contribution < 1.29 is 29.3 Å². The van der Waals surface area contributed by atoms with Crippen LogP contribution in [0.25, 0.3) is 0 Å². The molecule has 0 aromatic heterocycles. The SMILES string of the molecule is O=C(O)CC(NC(=O)c1cccc2c1OCCN2)C(=O)O. The minimum atomic E-state index is -1.50. The summed E-state index contributed by atoms with van der Waals surface area (Å²) >= 11 is 0. The highest BCUT2D eigenvalue weighted by molar-refractivity contribution is 6.01. The smallest absolute Gasteiger partial charge is 0.326 e. The van der Waals surface area contributed by atoms with Gasteiger partial charge in [-0.15, -0.1) is 0 Å².